The molecule has 152 valence electrons. The highest BCUT2D eigenvalue weighted by atomic mass is 32.2. The number of nitrogens with one attached hydrogen (secondary N) is 1. The van der Waals surface area contributed by atoms with E-state index in [2.05, 4.69) is 20.4 Å². The van der Waals surface area contributed by atoms with Gasteiger partial charge in [-0.2, -0.15) is 10.2 Å². The molecule has 1 N–H and O–H groups in total. The first-order valence-corrected chi connectivity index (χ1v) is 10.4. The Balaban J connectivity index is 1.41. The summed E-state index contributed by atoms with van der Waals surface area (Å²) in [4.78, 5) is 21.0. The van der Waals surface area contributed by atoms with Gasteiger partial charge in [0.1, 0.15) is 0 Å². The highest BCUT2D eigenvalue weighted by Gasteiger charge is 2.12. The Kier molecular flexibility index (Phi) is 6.05. The normalized spacial score (nSPS) is 10.5. The molecular formula is C23H17N5O2S. The van der Waals surface area contributed by atoms with Gasteiger partial charge in [-0.05, 0) is 37.3 Å². The zero-order valence-electron chi connectivity index (χ0n) is 16.6. The van der Waals surface area contributed by atoms with Gasteiger partial charge in [-0.15, -0.1) is 0 Å². The Labute approximate surface area is 183 Å². The maximum Gasteiger partial charge on any atom is 0.258 e. The van der Waals surface area contributed by atoms with Crippen LogP contribution in [-0.4, -0.2) is 26.8 Å². The minimum absolute atomic E-state index is 0.172. The number of carbonyl (C=O) groups excluding carboxylic acids is 1. The van der Waals surface area contributed by atoms with Crippen molar-refractivity contribution in [2.24, 2.45) is 0 Å². The van der Waals surface area contributed by atoms with E-state index in [1.807, 2.05) is 37.3 Å². The smallest absolute Gasteiger partial charge is 0.258 e. The molecule has 0 radical (unpaired) electrons. The minimum Gasteiger partial charge on any atom is -0.334 e. The van der Waals surface area contributed by atoms with Gasteiger partial charge >= 0.3 is 0 Å². The van der Waals surface area contributed by atoms with Crippen LogP contribution in [0.25, 0.3) is 22.8 Å². The first-order valence-electron chi connectivity index (χ1n) is 9.41. The Hall–Kier alpha value is -3.96. The molecule has 31 heavy (non-hydrogen) atoms. The van der Waals surface area contributed by atoms with E-state index in [4.69, 9.17) is 9.78 Å². The molecule has 2 aromatic heterocycles. The molecule has 0 spiro atoms. The van der Waals surface area contributed by atoms with E-state index in [0.29, 0.717) is 28.0 Å². The van der Waals surface area contributed by atoms with Crippen LogP contribution in [-0.2, 0) is 4.79 Å². The van der Waals surface area contributed by atoms with E-state index in [-0.39, 0.29) is 11.7 Å². The maximum atomic E-state index is 12.2. The molecule has 0 aliphatic heterocycles. The second-order valence-electron chi connectivity index (χ2n) is 6.70. The van der Waals surface area contributed by atoms with E-state index >= 15 is 0 Å². The van der Waals surface area contributed by atoms with Crippen molar-refractivity contribution in [3.8, 4) is 28.9 Å². The lowest BCUT2D eigenvalue weighted by Gasteiger charge is -2.05. The summed E-state index contributed by atoms with van der Waals surface area (Å²) in [6.07, 6.45) is 1.64. The predicted molar refractivity (Wildman–Crippen MR) is 118 cm³/mol. The van der Waals surface area contributed by atoms with Crippen molar-refractivity contribution in [2.45, 2.75) is 11.9 Å². The standard InChI is InChI=1S/C23H17N5O2S/c1-15-5-7-17(8-6-15)22-27-23(30-28-22)18-9-10-25-21(12-18)31-14-20(29)26-19-4-2-3-16(11-19)13-24/h2-12H,14H2,1H3,(H,26,29). The third-order valence-corrected chi connectivity index (χ3v) is 5.27. The minimum atomic E-state index is -0.188. The molecule has 0 aliphatic rings. The number of rotatable bonds is 6. The summed E-state index contributed by atoms with van der Waals surface area (Å²) in [6.45, 7) is 2.02. The van der Waals surface area contributed by atoms with Crippen LogP contribution in [0.4, 0.5) is 5.69 Å². The molecule has 8 heteroatoms. The summed E-state index contributed by atoms with van der Waals surface area (Å²) < 4.78 is 5.41. The average molecular weight is 427 g/mol. The monoisotopic (exact) mass is 427 g/mol. The fourth-order valence-corrected chi connectivity index (χ4v) is 3.48. The lowest BCUT2D eigenvalue weighted by atomic mass is 10.1. The summed E-state index contributed by atoms with van der Waals surface area (Å²) in [5, 5.41) is 16.4. The number of anilines is 1. The Bertz CT molecular complexity index is 1260. The van der Waals surface area contributed by atoms with Crippen LogP contribution in [0.2, 0.25) is 0 Å². The Morgan fingerprint density at radius 2 is 1.97 bits per heavy atom. The lowest BCUT2D eigenvalue weighted by molar-refractivity contribution is -0.113. The molecule has 0 saturated carbocycles. The van der Waals surface area contributed by atoms with E-state index in [9.17, 15) is 4.79 Å². The number of nitrogens with zero attached hydrogens (tertiary/aromatic N) is 4. The first kappa shape index (κ1) is 20.3. The van der Waals surface area contributed by atoms with Gasteiger partial charge in [-0.25, -0.2) is 4.98 Å². The van der Waals surface area contributed by atoms with Crippen molar-refractivity contribution in [3.05, 3.63) is 78.0 Å². The molecule has 0 saturated heterocycles. The number of benzene rings is 2. The van der Waals surface area contributed by atoms with E-state index in [0.717, 1.165) is 16.7 Å². The number of hydrogen-bond donors (Lipinski definition) is 1. The van der Waals surface area contributed by atoms with Crippen molar-refractivity contribution in [1.29, 1.82) is 5.26 Å². The van der Waals surface area contributed by atoms with Gasteiger partial charge in [-0.1, -0.05) is 52.8 Å². The van der Waals surface area contributed by atoms with Gasteiger partial charge in [-0.3, -0.25) is 4.79 Å². The van der Waals surface area contributed by atoms with Crippen LogP contribution in [0.5, 0.6) is 0 Å². The van der Waals surface area contributed by atoms with Crippen molar-refractivity contribution < 1.29 is 9.32 Å². The van der Waals surface area contributed by atoms with Gasteiger partial charge in [0, 0.05) is 23.0 Å². The molecule has 1 amide bonds. The van der Waals surface area contributed by atoms with E-state index < -0.39 is 0 Å². The summed E-state index contributed by atoms with van der Waals surface area (Å²) in [5.74, 6) is 0.885. The maximum absolute atomic E-state index is 12.2. The highest BCUT2D eigenvalue weighted by Crippen LogP contribution is 2.25. The summed E-state index contributed by atoms with van der Waals surface area (Å²) >= 11 is 1.29. The third-order valence-electron chi connectivity index (χ3n) is 4.34. The average Bonchev–Trinajstić information content (AvgIpc) is 3.29. The largest absolute Gasteiger partial charge is 0.334 e. The number of aromatic nitrogens is 3. The molecule has 7 nitrogen and oxygen atoms in total. The Morgan fingerprint density at radius 1 is 1.13 bits per heavy atom. The third kappa shape index (κ3) is 5.15. The number of thioether (sulfide) groups is 1. The Morgan fingerprint density at radius 3 is 2.77 bits per heavy atom. The molecule has 2 aromatic carbocycles. The summed E-state index contributed by atoms with van der Waals surface area (Å²) in [6, 6.07) is 20.3. The predicted octanol–water partition coefficient (Wildman–Crippen LogP) is 4.71. The van der Waals surface area contributed by atoms with Crippen LogP contribution >= 0.6 is 11.8 Å². The fourth-order valence-electron chi connectivity index (χ4n) is 2.79. The molecule has 0 bridgehead atoms. The zero-order chi connectivity index (χ0) is 21.6. The lowest BCUT2D eigenvalue weighted by Crippen LogP contribution is -2.14. The summed E-state index contributed by atoms with van der Waals surface area (Å²) in [7, 11) is 0. The van der Waals surface area contributed by atoms with Crippen molar-refractivity contribution in [3.63, 3.8) is 0 Å². The quantitative estimate of drug-likeness (QED) is 0.444. The molecule has 4 aromatic rings. The zero-order valence-corrected chi connectivity index (χ0v) is 17.4. The number of hydrogen-bond acceptors (Lipinski definition) is 7. The van der Waals surface area contributed by atoms with Crippen molar-refractivity contribution >= 4 is 23.4 Å². The topological polar surface area (TPSA) is 105 Å². The summed E-state index contributed by atoms with van der Waals surface area (Å²) in [5.41, 5.74) is 3.84. The molecular weight excluding hydrogens is 410 g/mol. The van der Waals surface area contributed by atoms with Crippen LogP contribution in [0.15, 0.2) is 76.4 Å². The molecule has 0 aliphatic carbocycles. The molecule has 2 heterocycles. The highest BCUT2D eigenvalue weighted by molar-refractivity contribution is 7.99. The van der Waals surface area contributed by atoms with Crippen molar-refractivity contribution in [1.82, 2.24) is 15.1 Å². The number of pyridine rings is 1. The van der Waals surface area contributed by atoms with Crippen LogP contribution in [0, 0.1) is 18.3 Å². The van der Waals surface area contributed by atoms with Gasteiger partial charge in [0.15, 0.2) is 0 Å². The van der Waals surface area contributed by atoms with Crippen LogP contribution in [0.1, 0.15) is 11.1 Å². The van der Waals surface area contributed by atoms with Gasteiger partial charge < -0.3 is 9.84 Å². The van der Waals surface area contributed by atoms with Crippen LogP contribution < -0.4 is 5.32 Å². The van der Waals surface area contributed by atoms with Gasteiger partial charge in [0.2, 0.25) is 11.7 Å². The molecule has 4 rings (SSSR count). The van der Waals surface area contributed by atoms with E-state index in [1.165, 1.54) is 11.8 Å². The first-order chi connectivity index (χ1) is 15.1. The molecule has 0 unspecified atom stereocenters. The van der Waals surface area contributed by atoms with Crippen LogP contribution in [0.3, 0.4) is 0 Å². The number of aryl methyl sites for hydroxylation is 1. The number of amides is 1. The second-order valence-corrected chi connectivity index (χ2v) is 7.70. The fraction of sp³-hybridized carbons (Fsp3) is 0.0870. The number of carbonyl (C=O) groups is 1. The second kappa shape index (κ2) is 9.24. The molecule has 0 fully saturated rings. The van der Waals surface area contributed by atoms with Gasteiger partial charge in [0.25, 0.3) is 5.89 Å². The van der Waals surface area contributed by atoms with E-state index in [1.54, 1.807) is 42.6 Å². The molecule has 0 atom stereocenters. The van der Waals surface area contributed by atoms with Crippen molar-refractivity contribution in [2.75, 3.05) is 11.1 Å². The van der Waals surface area contributed by atoms with Gasteiger partial charge in [0.05, 0.1) is 22.4 Å². The number of nitriles is 1. The SMILES string of the molecule is Cc1ccc(-c2noc(-c3ccnc(SCC(=O)Nc4cccc(C#N)c4)c3)n2)cc1.